The van der Waals surface area contributed by atoms with Crippen LogP contribution in [0.15, 0.2) is 18.3 Å². The van der Waals surface area contributed by atoms with Gasteiger partial charge in [0.15, 0.2) is 0 Å². The summed E-state index contributed by atoms with van der Waals surface area (Å²) < 4.78 is 0. The second-order valence-corrected chi connectivity index (χ2v) is 6.26. The zero-order valence-electron chi connectivity index (χ0n) is 13.3. The smallest absolute Gasteiger partial charge is 0.0562 e. The molecule has 0 fully saturated rings. The van der Waals surface area contributed by atoms with Gasteiger partial charge in [-0.2, -0.15) is 0 Å². The fourth-order valence-electron chi connectivity index (χ4n) is 1.85. The third kappa shape index (κ3) is 4.83. The maximum Gasteiger partial charge on any atom is 0.0562 e. The highest BCUT2D eigenvalue weighted by Crippen LogP contribution is 2.24. The number of hydrogen-bond acceptors (Lipinski definition) is 3. The Bertz CT molecular complexity index is 385. The third-order valence-electron chi connectivity index (χ3n) is 3.82. The molecule has 0 aliphatic heterocycles. The van der Waals surface area contributed by atoms with E-state index in [1.54, 1.807) is 0 Å². The second-order valence-electron chi connectivity index (χ2n) is 6.26. The lowest BCUT2D eigenvalue weighted by molar-refractivity contribution is 0.470. The summed E-state index contributed by atoms with van der Waals surface area (Å²) in [5.41, 5.74) is 2.52. The summed E-state index contributed by atoms with van der Waals surface area (Å²) in [4.78, 5) is 6.77. The molecule has 0 saturated heterocycles. The number of anilines is 1. The molecule has 1 aromatic rings. The summed E-state index contributed by atoms with van der Waals surface area (Å²) in [7, 11) is 2.16. The van der Waals surface area contributed by atoms with Gasteiger partial charge in [-0.1, -0.05) is 20.8 Å². The summed E-state index contributed by atoms with van der Waals surface area (Å²) in [6.07, 6.45) is 3.02. The van der Waals surface area contributed by atoms with E-state index in [4.69, 9.17) is 0 Å². The van der Waals surface area contributed by atoms with E-state index < -0.39 is 0 Å². The van der Waals surface area contributed by atoms with Crippen molar-refractivity contribution in [3.8, 4) is 0 Å². The first-order chi connectivity index (χ1) is 8.86. The standard InChI is InChI=1S/C16H29N3/c1-7-16(4,5)19(6)15-8-9-18-14(10-15)12-17-11-13(2)3/h8-10,13,17H,7,11-12H2,1-6H3. The van der Waals surface area contributed by atoms with Crippen molar-refractivity contribution in [3.63, 3.8) is 0 Å². The van der Waals surface area contributed by atoms with Crippen molar-refractivity contribution < 1.29 is 0 Å². The molecule has 1 rings (SSSR count). The Hall–Kier alpha value is -1.09. The summed E-state index contributed by atoms with van der Waals surface area (Å²) in [5.74, 6) is 0.671. The number of nitrogens with zero attached hydrogens (tertiary/aromatic N) is 2. The van der Waals surface area contributed by atoms with E-state index in [9.17, 15) is 0 Å². The van der Waals surface area contributed by atoms with Crippen molar-refractivity contribution in [2.45, 2.75) is 53.1 Å². The van der Waals surface area contributed by atoms with Crippen LogP contribution in [-0.2, 0) is 6.54 Å². The predicted molar refractivity (Wildman–Crippen MR) is 83.6 cm³/mol. The van der Waals surface area contributed by atoms with Gasteiger partial charge in [-0.15, -0.1) is 0 Å². The van der Waals surface area contributed by atoms with Crippen LogP contribution in [0.2, 0.25) is 0 Å². The molecule has 1 aromatic heterocycles. The lowest BCUT2D eigenvalue weighted by atomic mass is 9.99. The van der Waals surface area contributed by atoms with E-state index in [0.29, 0.717) is 5.92 Å². The summed E-state index contributed by atoms with van der Waals surface area (Å²) >= 11 is 0. The largest absolute Gasteiger partial charge is 0.369 e. The predicted octanol–water partition coefficient (Wildman–Crippen LogP) is 3.45. The summed E-state index contributed by atoms with van der Waals surface area (Å²) in [5, 5.41) is 3.44. The zero-order valence-corrected chi connectivity index (χ0v) is 13.3. The van der Waals surface area contributed by atoms with Gasteiger partial charge >= 0.3 is 0 Å². The van der Waals surface area contributed by atoms with Gasteiger partial charge in [-0.25, -0.2) is 0 Å². The SMILES string of the molecule is CCC(C)(C)N(C)c1ccnc(CNCC(C)C)c1. The molecule has 108 valence electrons. The first-order valence-electron chi connectivity index (χ1n) is 7.26. The van der Waals surface area contributed by atoms with Crippen molar-refractivity contribution >= 4 is 5.69 Å². The Morgan fingerprint density at radius 3 is 2.63 bits per heavy atom. The van der Waals surface area contributed by atoms with Crippen LogP contribution in [0.25, 0.3) is 0 Å². The van der Waals surface area contributed by atoms with Gasteiger partial charge in [0.1, 0.15) is 0 Å². The molecular formula is C16H29N3. The minimum Gasteiger partial charge on any atom is -0.369 e. The van der Waals surface area contributed by atoms with Crippen LogP contribution in [0.5, 0.6) is 0 Å². The molecule has 0 aliphatic carbocycles. The van der Waals surface area contributed by atoms with Crippen molar-refractivity contribution in [1.82, 2.24) is 10.3 Å². The summed E-state index contributed by atoms with van der Waals surface area (Å²) in [6, 6.07) is 4.27. The Kier molecular flexibility index (Phi) is 5.80. The maximum atomic E-state index is 4.44. The van der Waals surface area contributed by atoms with Gasteiger partial charge < -0.3 is 10.2 Å². The molecule has 0 saturated carbocycles. The molecule has 3 heteroatoms. The molecule has 0 aromatic carbocycles. The van der Waals surface area contributed by atoms with Gasteiger partial charge in [0.25, 0.3) is 0 Å². The molecule has 0 aliphatic rings. The van der Waals surface area contributed by atoms with E-state index >= 15 is 0 Å². The van der Waals surface area contributed by atoms with Crippen LogP contribution in [0.3, 0.4) is 0 Å². The van der Waals surface area contributed by atoms with Crippen LogP contribution in [0.4, 0.5) is 5.69 Å². The average molecular weight is 263 g/mol. The Morgan fingerprint density at radius 2 is 2.05 bits per heavy atom. The lowest BCUT2D eigenvalue weighted by Gasteiger charge is -2.36. The van der Waals surface area contributed by atoms with Crippen LogP contribution >= 0.6 is 0 Å². The van der Waals surface area contributed by atoms with Gasteiger partial charge in [0, 0.05) is 31.0 Å². The fraction of sp³-hybridized carbons (Fsp3) is 0.688. The monoisotopic (exact) mass is 263 g/mol. The van der Waals surface area contributed by atoms with Crippen molar-refractivity contribution in [2.75, 3.05) is 18.5 Å². The first kappa shape index (κ1) is 16.0. The maximum absolute atomic E-state index is 4.44. The molecule has 0 bridgehead atoms. The normalized spacial score (nSPS) is 11.9. The van der Waals surface area contributed by atoms with Crippen LogP contribution in [0.1, 0.15) is 46.7 Å². The summed E-state index contributed by atoms with van der Waals surface area (Å²) in [6.45, 7) is 13.1. The molecule has 0 radical (unpaired) electrons. The fourth-order valence-corrected chi connectivity index (χ4v) is 1.85. The minimum atomic E-state index is 0.171. The Balaban J connectivity index is 2.71. The minimum absolute atomic E-state index is 0.171. The molecule has 0 atom stereocenters. The number of rotatable bonds is 7. The van der Waals surface area contributed by atoms with E-state index in [2.05, 4.69) is 69.0 Å². The van der Waals surface area contributed by atoms with Crippen LogP contribution < -0.4 is 10.2 Å². The van der Waals surface area contributed by atoms with Gasteiger partial charge in [-0.3, -0.25) is 4.98 Å². The molecule has 1 heterocycles. The van der Waals surface area contributed by atoms with E-state index in [1.165, 1.54) is 5.69 Å². The highest BCUT2D eigenvalue weighted by Gasteiger charge is 2.21. The number of aromatic nitrogens is 1. The average Bonchev–Trinajstić information content (AvgIpc) is 2.37. The van der Waals surface area contributed by atoms with Crippen molar-refractivity contribution in [2.24, 2.45) is 5.92 Å². The number of nitrogens with one attached hydrogen (secondary N) is 1. The molecule has 0 unspecified atom stereocenters. The van der Waals surface area contributed by atoms with Crippen LogP contribution in [-0.4, -0.2) is 24.1 Å². The molecule has 1 N–H and O–H groups in total. The molecular weight excluding hydrogens is 234 g/mol. The highest BCUT2D eigenvalue weighted by molar-refractivity contribution is 5.48. The van der Waals surface area contributed by atoms with E-state index in [0.717, 1.165) is 25.2 Å². The molecule has 0 spiro atoms. The van der Waals surface area contributed by atoms with E-state index in [1.807, 2.05) is 6.20 Å². The lowest BCUT2D eigenvalue weighted by Crippen LogP contribution is -2.40. The van der Waals surface area contributed by atoms with Gasteiger partial charge in [0.05, 0.1) is 5.69 Å². The molecule has 19 heavy (non-hydrogen) atoms. The Morgan fingerprint density at radius 1 is 1.37 bits per heavy atom. The third-order valence-corrected chi connectivity index (χ3v) is 3.82. The highest BCUT2D eigenvalue weighted by atomic mass is 15.2. The van der Waals surface area contributed by atoms with Crippen molar-refractivity contribution in [3.05, 3.63) is 24.0 Å². The number of hydrogen-bond donors (Lipinski definition) is 1. The molecule has 3 nitrogen and oxygen atoms in total. The molecule has 0 amide bonds. The Labute approximate surface area is 118 Å². The number of pyridine rings is 1. The van der Waals surface area contributed by atoms with Gasteiger partial charge in [0.2, 0.25) is 0 Å². The quantitative estimate of drug-likeness (QED) is 0.816. The first-order valence-corrected chi connectivity index (χ1v) is 7.26. The van der Waals surface area contributed by atoms with Gasteiger partial charge in [-0.05, 0) is 44.9 Å². The zero-order chi connectivity index (χ0) is 14.5. The van der Waals surface area contributed by atoms with Crippen molar-refractivity contribution in [1.29, 1.82) is 0 Å². The van der Waals surface area contributed by atoms with Crippen LogP contribution in [0, 0.1) is 5.92 Å². The second kappa shape index (κ2) is 6.90. The topological polar surface area (TPSA) is 28.2 Å². The van der Waals surface area contributed by atoms with E-state index in [-0.39, 0.29) is 5.54 Å².